The van der Waals surface area contributed by atoms with Crippen LogP contribution in [-0.4, -0.2) is 36.8 Å². The molecule has 1 aromatic rings. The number of nitrogens with one attached hydrogen (secondary N) is 1. The van der Waals surface area contributed by atoms with Gasteiger partial charge >= 0.3 is 6.18 Å². The van der Waals surface area contributed by atoms with Crippen LogP contribution in [0.5, 0.6) is 5.88 Å². The van der Waals surface area contributed by atoms with Gasteiger partial charge in [-0.1, -0.05) is 6.92 Å². The minimum Gasteiger partial charge on any atom is -0.477 e. The van der Waals surface area contributed by atoms with Crippen LogP contribution in [-0.2, 0) is 10.9 Å². The van der Waals surface area contributed by atoms with Crippen LogP contribution in [0.3, 0.4) is 0 Å². The van der Waals surface area contributed by atoms with Crippen LogP contribution in [0.1, 0.15) is 25.6 Å². The topological polar surface area (TPSA) is 56.3 Å². The van der Waals surface area contributed by atoms with Gasteiger partial charge in [0.1, 0.15) is 5.82 Å². The van der Waals surface area contributed by atoms with E-state index in [4.69, 9.17) is 9.47 Å². The Hall–Kier alpha value is -1.57. The Labute approximate surface area is 115 Å². The second kappa shape index (κ2) is 7.88. The van der Waals surface area contributed by atoms with Gasteiger partial charge in [0.2, 0.25) is 11.7 Å². The van der Waals surface area contributed by atoms with Gasteiger partial charge in [-0.3, -0.25) is 0 Å². The molecule has 0 fully saturated rings. The number of aromatic nitrogens is 2. The molecule has 1 N–H and O–H groups in total. The van der Waals surface area contributed by atoms with E-state index in [1.54, 1.807) is 7.11 Å². The molecule has 20 heavy (non-hydrogen) atoms. The van der Waals surface area contributed by atoms with Crippen molar-refractivity contribution < 1.29 is 22.6 Å². The number of hydrogen-bond donors (Lipinski definition) is 1. The van der Waals surface area contributed by atoms with Crippen molar-refractivity contribution in [1.82, 2.24) is 9.97 Å². The zero-order chi connectivity index (χ0) is 15.0. The molecule has 114 valence electrons. The molecular formula is C12H18F3N3O2. The first-order valence-electron chi connectivity index (χ1n) is 6.29. The van der Waals surface area contributed by atoms with Gasteiger partial charge in [-0.05, 0) is 6.42 Å². The fraction of sp³-hybridized carbons (Fsp3) is 0.667. The lowest BCUT2D eigenvalue weighted by atomic mass is 10.4. The molecule has 0 unspecified atom stereocenters. The summed E-state index contributed by atoms with van der Waals surface area (Å²) in [6, 6.07) is 1.36. The largest absolute Gasteiger partial charge is 0.477 e. The van der Waals surface area contributed by atoms with Crippen LogP contribution < -0.4 is 10.1 Å². The summed E-state index contributed by atoms with van der Waals surface area (Å²) in [6.45, 7) is 3.13. The Balaban J connectivity index is 2.80. The molecule has 0 amide bonds. The minimum absolute atomic E-state index is 0.0953. The first kappa shape index (κ1) is 16.5. The summed E-state index contributed by atoms with van der Waals surface area (Å²) >= 11 is 0. The highest BCUT2D eigenvalue weighted by Gasteiger charge is 2.35. The quantitative estimate of drug-likeness (QED) is 0.747. The Bertz CT molecular complexity index is 413. The predicted octanol–water partition coefficient (Wildman–Crippen LogP) is 2.73. The predicted molar refractivity (Wildman–Crippen MR) is 67.8 cm³/mol. The van der Waals surface area contributed by atoms with Crippen molar-refractivity contribution in [3.63, 3.8) is 0 Å². The van der Waals surface area contributed by atoms with Gasteiger partial charge in [0, 0.05) is 32.7 Å². The van der Waals surface area contributed by atoms with Crippen LogP contribution in [0.15, 0.2) is 6.07 Å². The summed E-state index contributed by atoms with van der Waals surface area (Å²) < 4.78 is 48.1. The number of nitrogens with zero attached hydrogens (tertiary/aromatic N) is 2. The number of anilines is 1. The maximum atomic E-state index is 12.7. The number of ether oxygens (including phenoxy) is 2. The molecule has 0 aromatic carbocycles. The van der Waals surface area contributed by atoms with E-state index in [2.05, 4.69) is 15.3 Å². The number of rotatable bonds is 8. The van der Waals surface area contributed by atoms with Gasteiger partial charge in [-0.25, -0.2) is 4.98 Å². The van der Waals surface area contributed by atoms with Gasteiger partial charge in [0.25, 0.3) is 0 Å². The zero-order valence-corrected chi connectivity index (χ0v) is 11.5. The van der Waals surface area contributed by atoms with Crippen molar-refractivity contribution in [3.8, 4) is 5.88 Å². The summed E-state index contributed by atoms with van der Waals surface area (Å²) in [5, 5.41) is 2.79. The fourth-order valence-corrected chi connectivity index (χ4v) is 1.35. The van der Waals surface area contributed by atoms with Crippen LogP contribution in [0.4, 0.5) is 19.0 Å². The second-order valence-corrected chi connectivity index (χ2v) is 4.03. The van der Waals surface area contributed by atoms with E-state index in [-0.39, 0.29) is 18.3 Å². The molecule has 5 nitrogen and oxygen atoms in total. The Morgan fingerprint density at radius 2 is 2.00 bits per heavy atom. The average Bonchev–Trinajstić information content (AvgIpc) is 2.40. The summed E-state index contributed by atoms with van der Waals surface area (Å²) in [5.41, 5.74) is 0. The van der Waals surface area contributed by atoms with Gasteiger partial charge < -0.3 is 14.8 Å². The van der Waals surface area contributed by atoms with Crippen LogP contribution in [0, 0.1) is 0 Å². The van der Waals surface area contributed by atoms with Crippen molar-refractivity contribution >= 4 is 5.82 Å². The second-order valence-electron chi connectivity index (χ2n) is 4.03. The third kappa shape index (κ3) is 5.60. The Morgan fingerprint density at radius 1 is 1.25 bits per heavy atom. The molecule has 0 aliphatic carbocycles. The molecule has 0 spiro atoms. The van der Waals surface area contributed by atoms with Crippen molar-refractivity contribution in [3.05, 3.63) is 11.9 Å². The number of hydrogen-bond acceptors (Lipinski definition) is 5. The van der Waals surface area contributed by atoms with Gasteiger partial charge in [-0.2, -0.15) is 18.2 Å². The Kier molecular flexibility index (Phi) is 6.50. The molecule has 0 radical (unpaired) electrons. The number of alkyl halides is 3. The fourth-order valence-electron chi connectivity index (χ4n) is 1.35. The molecule has 8 heteroatoms. The summed E-state index contributed by atoms with van der Waals surface area (Å²) in [6.07, 6.45) is -3.26. The first-order chi connectivity index (χ1) is 9.47. The van der Waals surface area contributed by atoms with Crippen LogP contribution in [0.2, 0.25) is 0 Å². The smallest absolute Gasteiger partial charge is 0.451 e. The van der Waals surface area contributed by atoms with Crippen LogP contribution in [0.25, 0.3) is 0 Å². The summed E-state index contributed by atoms with van der Waals surface area (Å²) in [4.78, 5) is 6.81. The summed E-state index contributed by atoms with van der Waals surface area (Å²) in [7, 11) is 1.54. The Morgan fingerprint density at radius 3 is 2.60 bits per heavy atom. The lowest BCUT2D eigenvalue weighted by molar-refractivity contribution is -0.145. The molecule has 1 aromatic heterocycles. The SMILES string of the molecule is CCCNc1cc(OCCCOC)nc(C(F)(F)F)n1. The molecular weight excluding hydrogens is 275 g/mol. The zero-order valence-electron chi connectivity index (χ0n) is 11.5. The highest BCUT2D eigenvalue weighted by molar-refractivity contribution is 5.38. The normalized spacial score (nSPS) is 11.4. The lowest BCUT2D eigenvalue weighted by Crippen LogP contribution is -2.15. The van der Waals surface area contributed by atoms with Gasteiger partial charge in [0.15, 0.2) is 0 Å². The molecule has 0 aliphatic heterocycles. The standard InChI is InChI=1S/C12H18F3N3O2/c1-3-5-16-9-8-10(20-7-4-6-19-2)18-11(17-9)12(13,14)15/h8H,3-7H2,1-2H3,(H,16,17,18). The minimum atomic E-state index is -4.60. The molecule has 0 bridgehead atoms. The molecule has 0 aliphatic rings. The van der Waals surface area contributed by atoms with E-state index in [0.717, 1.165) is 6.42 Å². The molecule has 1 rings (SSSR count). The molecule has 0 atom stereocenters. The van der Waals surface area contributed by atoms with E-state index in [0.29, 0.717) is 19.6 Å². The highest BCUT2D eigenvalue weighted by atomic mass is 19.4. The van der Waals surface area contributed by atoms with Crippen molar-refractivity contribution in [2.45, 2.75) is 25.9 Å². The maximum absolute atomic E-state index is 12.7. The number of halogens is 3. The maximum Gasteiger partial charge on any atom is 0.451 e. The third-order valence-electron chi connectivity index (χ3n) is 2.26. The lowest BCUT2D eigenvalue weighted by Gasteiger charge is -2.12. The van der Waals surface area contributed by atoms with Gasteiger partial charge in [0.05, 0.1) is 6.61 Å². The van der Waals surface area contributed by atoms with Crippen molar-refractivity contribution in [1.29, 1.82) is 0 Å². The molecule has 1 heterocycles. The van der Waals surface area contributed by atoms with Gasteiger partial charge in [-0.15, -0.1) is 0 Å². The highest BCUT2D eigenvalue weighted by Crippen LogP contribution is 2.28. The van der Waals surface area contributed by atoms with E-state index in [9.17, 15) is 13.2 Å². The first-order valence-corrected chi connectivity index (χ1v) is 6.29. The van der Waals surface area contributed by atoms with E-state index < -0.39 is 12.0 Å². The van der Waals surface area contributed by atoms with Crippen molar-refractivity contribution in [2.24, 2.45) is 0 Å². The van der Waals surface area contributed by atoms with E-state index >= 15 is 0 Å². The number of methoxy groups -OCH3 is 1. The monoisotopic (exact) mass is 293 g/mol. The average molecular weight is 293 g/mol. The summed E-state index contributed by atoms with van der Waals surface area (Å²) in [5.74, 6) is -1.20. The van der Waals surface area contributed by atoms with Crippen LogP contribution >= 0.6 is 0 Å². The van der Waals surface area contributed by atoms with E-state index in [1.807, 2.05) is 6.92 Å². The molecule has 0 saturated carbocycles. The van der Waals surface area contributed by atoms with E-state index in [1.165, 1.54) is 6.07 Å². The van der Waals surface area contributed by atoms with Crippen molar-refractivity contribution in [2.75, 3.05) is 32.2 Å². The molecule has 0 saturated heterocycles. The third-order valence-corrected chi connectivity index (χ3v) is 2.26.